The molecule has 4 nitrogen and oxygen atoms in total. The van der Waals surface area contributed by atoms with E-state index in [1.807, 2.05) is 0 Å². The predicted molar refractivity (Wildman–Crippen MR) is 179 cm³/mol. The van der Waals surface area contributed by atoms with E-state index in [2.05, 4.69) is 153 Å². The molecule has 9 rings (SSSR count). The van der Waals surface area contributed by atoms with Crippen LogP contribution in [0.5, 0.6) is 0 Å². The first kappa shape index (κ1) is 24.1. The largest absolute Gasteiger partial charge is 0.316 e. The Morgan fingerprint density at radius 1 is 0.512 bits per heavy atom. The Kier molecular flexibility index (Phi) is 5.33. The number of aromatic nitrogens is 4. The molecule has 0 fully saturated rings. The number of benzene rings is 5. The molecular weight excluding hydrogens is 545 g/mol. The molecule has 43 heavy (non-hydrogen) atoms. The maximum absolute atomic E-state index is 5.34. The second kappa shape index (κ2) is 9.51. The summed E-state index contributed by atoms with van der Waals surface area (Å²) in [4.78, 5) is 10.5. The summed E-state index contributed by atoms with van der Waals surface area (Å²) in [7, 11) is 0. The van der Waals surface area contributed by atoms with E-state index >= 15 is 0 Å². The second-order valence-electron chi connectivity index (χ2n) is 10.8. The van der Waals surface area contributed by atoms with Crippen LogP contribution >= 0.6 is 11.3 Å². The molecule has 9 aromatic rings. The van der Waals surface area contributed by atoms with Crippen molar-refractivity contribution in [1.82, 2.24) is 19.1 Å². The summed E-state index contributed by atoms with van der Waals surface area (Å²) >= 11 is 1.66. The van der Waals surface area contributed by atoms with Crippen LogP contribution in [0.15, 0.2) is 144 Å². The molecule has 5 aromatic carbocycles. The number of hydrogen-bond donors (Lipinski definition) is 0. The molecule has 202 valence electrons. The number of fused-ring (bicyclic) bond motifs is 6. The molecule has 4 aromatic heterocycles. The molecule has 5 heteroatoms. The van der Waals surface area contributed by atoms with Crippen LogP contribution in [0, 0.1) is 0 Å². The summed E-state index contributed by atoms with van der Waals surface area (Å²) in [5.74, 6) is 0.678. The van der Waals surface area contributed by atoms with Crippen LogP contribution < -0.4 is 0 Å². The Bertz CT molecular complexity index is 2450. The Balaban J connectivity index is 1.33. The molecule has 0 aliphatic heterocycles. The van der Waals surface area contributed by atoms with E-state index in [0.717, 1.165) is 44.4 Å². The van der Waals surface area contributed by atoms with Gasteiger partial charge >= 0.3 is 0 Å². The van der Waals surface area contributed by atoms with Gasteiger partial charge in [0.05, 0.1) is 27.8 Å². The van der Waals surface area contributed by atoms with Crippen LogP contribution in [0.4, 0.5) is 0 Å². The average molecular weight is 569 g/mol. The Hall–Kier alpha value is -5.52. The van der Waals surface area contributed by atoms with Crippen LogP contribution in [0.2, 0.25) is 0 Å². The van der Waals surface area contributed by atoms with Crippen molar-refractivity contribution in [3.63, 3.8) is 0 Å². The van der Waals surface area contributed by atoms with E-state index in [4.69, 9.17) is 9.97 Å². The third-order valence-corrected chi connectivity index (χ3v) is 9.04. The van der Waals surface area contributed by atoms with Gasteiger partial charge in [0.2, 0.25) is 5.95 Å². The summed E-state index contributed by atoms with van der Waals surface area (Å²) in [5.41, 5.74) is 9.83. The summed E-state index contributed by atoms with van der Waals surface area (Å²) < 4.78 is 4.50. The Labute approximate surface area is 251 Å². The molecular formula is C38H24N4S. The zero-order chi connectivity index (χ0) is 28.3. The van der Waals surface area contributed by atoms with Crippen LogP contribution in [0.3, 0.4) is 0 Å². The highest BCUT2D eigenvalue weighted by atomic mass is 32.1. The summed E-state index contributed by atoms with van der Waals surface area (Å²) in [6.45, 7) is 0. The smallest absolute Gasteiger partial charge is 0.235 e. The lowest BCUT2D eigenvalue weighted by molar-refractivity contribution is 1.02. The van der Waals surface area contributed by atoms with Crippen molar-refractivity contribution >= 4 is 54.9 Å². The van der Waals surface area contributed by atoms with Gasteiger partial charge in [-0.05, 0) is 47.5 Å². The Morgan fingerprint density at radius 2 is 1.28 bits per heavy atom. The third-order valence-electron chi connectivity index (χ3n) is 8.31. The number of para-hydroxylation sites is 2. The molecule has 0 radical (unpaired) electrons. The van der Waals surface area contributed by atoms with Crippen molar-refractivity contribution < 1.29 is 0 Å². The fourth-order valence-electron chi connectivity index (χ4n) is 6.34. The lowest BCUT2D eigenvalue weighted by Crippen LogP contribution is -2.03. The highest BCUT2D eigenvalue weighted by molar-refractivity contribution is 7.09. The van der Waals surface area contributed by atoms with Gasteiger partial charge in [-0.2, -0.15) is 0 Å². The maximum atomic E-state index is 5.34. The lowest BCUT2D eigenvalue weighted by Gasteiger charge is -2.12. The van der Waals surface area contributed by atoms with Gasteiger partial charge in [-0.1, -0.05) is 91.0 Å². The van der Waals surface area contributed by atoms with E-state index < -0.39 is 0 Å². The van der Waals surface area contributed by atoms with Gasteiger partial charge < -0.3 is 4.57 Å². The fourth-order valence-corrected chi connectivity index (χ4v) is 7.09. The van der Waals surface area contributed by atoms with E-state index in [-0.39, 0.29) is 0 Å². The van der Waals surface area contributed by atoms with Crippen molar-refractivity contribution in [2.24, 2.45) is 0 Å². The first-order valence-electron chi connectivity index (χ1n) is 14.3. The zero-order valence-corrected chi connectivity index (χ0v) is 23.9. The second-order valence-corrected chi connectivity index (χ2v) is 11.5. The van der Waals surface area contributed by atoms with Gasteiger partial charge in [0.25, 0.3) is 0 Å². The molecule has 4 heterocycles. The molecule has 0 aliphatic carbocycles. The summed E-state index contributed by atoms with van der Waals surface area (Å²) in [6, 6.07) is 44.9. The quantitative estimate of drug-likeness (QED) is 0.212. The molecule has 0 aliphatic rings. The standard InChI is InChI=1S/C38H24N4S/c1-3-10-25(11-4-1)26-12-9-13-27(22-26)36-32-23-43-24-33(32)39-38(40-36)42-35-17-8-7-16-29(35)30-18-19-34-31(37(30)42)20-21-41(34)28-14-5-2-6-15-28/h1-24H. The normalized spacial score (nSPS) is 11.7. The van der Waals surface area contributed by atoms with Crippen LogP contribution in [0.1, 0.15) is 0 Å². The SMILES string of the molecule is c1ccc(-c2cccc(-c3nc(-n4c5ccccc5c5ccc6c(ccn6-c6ccccc6)c54)nc4cscc34)c2)cc1. The van der Waals surface area contributed by atoms with Crippen LogP contribution in [-0.4, -0.2) is 19.1 Å². The van der Waals surface area contributed by atoms with E-state index in [1.165, 1.54) is 27.3 Å². The first-order valence-corrected chi connectivity index (χ1v) is 15.3. The minimum Gasteiger partial charge on any atom is -0.316 e. The minimum atomic E-state index is 0.678. The molecule has 0 saturated carbocycles. The number of thiophene rings is 1. The Morgan fingerprint density at radius 3 is 2.16 bits per heavy atom. The molecule has 0 atom stereocenters. The molecule has 0 N–H and O–H groups in total. The van der Waals surface area contributed by atoms with Gasteiger partial charge in [-0.3, -0.25) is 4.57 Å². The molecule has 0 saturated heterocycles. The summed E-state index contributed by atoms with van der Waals surface area (Å²) in [5, 5.41) is 8.90. The monoisotopic (exact) mass is 568 g/mol. The van der Waals surface area contributed by atoms with Crippen molar-refractivity contribution in [2.45, 2.75) is 0 Å². The number of hydrogen-bond acceptors (Lipinski definition) is 3. The van der Waals surface area contributed by atoms with Gasteiger partial charge in [0.15, 0.2) is 0 Å². The van der Waals surface area contributed by atoms with Crippen molar-refractivity contribution in [2.75, 3.05) is 0 Å². The molecule has 0 unspecified atom stereocenters. The van der Waals surface area contributed by atoms with Crippen LogP contribution in [-0.2, 0) is 0 Å². The minimum absolute atomic E-state index is 0.678. The van der Waals surface area contributed by atoms with Gasteiger partial charge in [-0.25, -0.2) is 9.97 Å². The van der Waals surface area contributed by atoms with Gasteiger partial charge in [0.1, 0.15) is 0 Å². The van der Waals surface area contributed by atoms with Crippen molar-refractivity contribution in [1.29, 1.82) is 0 Å². The lowest BCUT2D eigenvalue weighted by atomic mass is 10.0. The van der Waals surface area contributed by atoms with Crippen LogP contribution in [0.25, 0.3) is 77.6 Å². The van der Waals surface area contributed by atoms with E-state index in [1.54, 1.807) is 11.3 Å². The van der Waals surface area contributed by atoms with Gasteiger partial charge in [0, 0.05) is 49.8 Å². The highest BCUT2D eigenvalue weighted by Crippen LogP contribution is 2.38. The molecule has 0 amide bonds. The van der Waals surface area contributed by atoms with Crippen molar-refractivity contribution in [3.05, 3.63) is 144 Å². The highest BCUT2D eigenvalue weighted by Gasteiger charge is 2.20. The first-order chi connectivity index (χ1) is 21.3. The molecule has 0 bridgehead atoms. The fraction of sp³-hybridized carbons (Fsp3) is 0. The topological polar surface area (TPSA) is 35.6 Å². The predicted octanol–water partition coefficient (Wildman–Crippen LogP) is 10.1. The number of rotatable bonds is 4. The maximum Gasteiger partial charge on any atom is 0.235 e. The average Bonchev–Trinajstić information content (AvgIpc) is 3.81. The van der Waals surface area contributed by atoms with E-state index in [0.29, 0.717) is 5.95 Å². The summed E-state index contributed by atoms with van der Waals surface area (Å²) in [6.07, 6.45) is 2.16. The third kappa shape index (κ3) is 3.75. The number of nitrogens with zero attached hydrogens (tertiary/aromatic N) is 4. The van der Waals surface area contributed by atoms with Crippen molar-refractivity contribution in [3.8, 4) is 34.0 Å². The van der Waals surface area contributed by atoms with E-state index in [9.17, 15) is 0 Å². The molecule has 0 spiro atoms. The zero-order valence-electron chi connectivity index (χ0n) is 23.1. The van der Waals surface area contributed by atoms with Gasteiger partial charge in [-0.15, -0.1) is 11.3 Å².